The van der Waals surface area contributed by atoms with Crippen molar-refractivity contribution < 1.29 is 17.6 Å². The zero-order valence-electron chi connectivity index (χ0n) is 13.8. The van der Waals surface area contributed by atoms with E-state index in [-0.39, 0.29) is 12.1 Å². The van der Waals surface area contributed by atoms with E-state index in [0.29, 0.717) is 18.6 Å². The van der Waals surface area contributed by atoms with Crippen LogP contribution in [-0.4, -0.2) is 18.0 Å². The normalized spacial score (nSPS) is 12.2. The Balaban J connectivity index is 2.02. The van der Waals surface area contributed by atoms with Gasteiger partial charge in [-0.25, -0.2) is 4.39 Å². The molecule has 0 fully saturated rings. The van der Waals surface area contributed by atoms with E-state index >= 15 is 0 Å². The van der Waals surface area contributed by atoms with Crippen LogP contribution in [0.4, 0.5) is 17.6 Å². The number of aromatic nitrogens is 1. The van der Waals surface area contributed by atoms with Gasteiger partial charge in [0.2, 0.25) is 0 Å². The third-order valence-corrected chi connectivity index (χ3v) is 3.43. The minimum atomic E-state index is -4.62. The van der Waals surface area contributed by atoms with Gasteiger partial charge in [-0.15, -0.1) is 0 Å². The summed E-state index contributed by atoms with van der Waals surface area (Å²) in [4.78, 5) is 8.28. The third kappa shape index (κ3) is 5.44. The summed E-state index contributed by atoms with van der Waals surface area (Å²) in [7, 11) is 1.51. The maximum Gasteiger partial charge on any atom is 0.416 e. The minimum absolute atomic E-state index is 0.0643. The van der Waals surface area contributed by atoms with Gasteiger partial charge in [0.25, 0.3) is 0 Å². The molecule has 0 unspecified atom stereocenters. The van der Waals surface area contributed by atoms with Crippen LogP contribution in [0.15, 0.2) is 41.4 Å². The second-order valence-corrected chi connectivity index (χ2v) is 5.35. The fraction of sp³-hybridized carbons (Fsp3) is 0.294. The summed E-state index contributed by atoms with van der Waals surface area (Å²) in [5.41, 5.74) is 0.574. The highest BCUT2D eigenvalue weighted by Gasteiger charge is 2.33. The number of benzene rings is 1. The van der Waals surface area contributed by atoms with Crippen molar-refractivity contribution in [1.29, 1.82) is 0 Å². The Kier molecular flexibility index (Phi) is 5.95. The number of guanidine groups is 1. The first kappa shape index (κ1) is 18.7. The number of nitrogens with zero attached hydrogens (tertiary/aromatic N) is 2. The molecule has 0 atom stereocenters. The molecule has 1 aromatic carbocycles. The van der Waals surface area contributed by atoms with E-state index < -0.39 is 17.6 Å². The maximum absolute atomic E-state index is 13.1. The van der Waals surface area contributed by atoms with Gasteiger partial charge in [0.1, 0.15) is 5.82 Å². The highest BCUT2D eigenvalue weighted by atomic mass is 19.4. The molecule has 0 aliphatic rings. The van der Waals surface area contributed by atoms with Crippen molar-refractivity contribution in [1.82, 2.24) is 15.6 Å². The van der Waals surface area contributed by atoms with Crippen molar-refractivity contribution in [3.05, 3.63) is 64.7 Å². The Hall–Kier alpha value is -2.64. The number of aliphatic imine (C=N–C) groups is 1. The largest absolute Gasteiger partial charge is 0.416 e. The summed E-state index contributed by atoms with van der Waals surface area (Å²) in [6.07, 6.45) is -4.62. The third-order valence-electron chi connectivity index (χ3n) is 3.43. The Morgan fingerprint density at radius 1 is 1.12 bits per heavy atom. The lowest BCUT2D eigenvalue weighted by Gasteiger charge is -2.16. The molecule has 0 aliphatic carbocycles. The first-order chi connectivity index (χ1) is 11.8. The summed E-state index contributed by atoms with van der Waals surface area (Å²) >= 11 is 0. The second kappa shape index (κ2) is 7.96. The number of hydrogen-bond donors (Lipinski definition) is 2. The molecular weight excluding hydrogens is 336 g/mol. The number of rotatable bonds is 4. The fourth-order valence-electron chi connectivity index (χ4n) is 2.24. The molecule has 0 bridgehead atoms. The molecule has 0 spiro atoms. The molecule has 0 amide bonds. The van der Waals surface area contributed by atoms with Crippen LogP contribution in [0.5, 0.6) is 0 Å². The Labute approximate surface area is 143 Å². The predicted octanol–water partition coefficient (Wildman–Crippen LogP) is 3.41. The number of alkyl halides is 3. The number of nitrogens with one attached hydrogen (secondary N) is 2. The summed E-state index contributed by atoms with van der Waals surface area (Å²) in [6, 6.07) is 8.16. The molecule has 134 valence electrons. The van der Waals surface area contributed by atoms with Crippen LogP contribution >= 0.6 is 0 Å². The molecule has 0 saturated heterocycles. The monoisotopic (exact) mass is 354 g/mol. The molecule has 1 aromatic heterocycles. The zero-order chi connectivity index (χ0) is 18.4. The Morgan fingerprint density at radius 2 is 1.84 bits per heavy atom. The van der Waals surface area contributed by atoms with E-state index in [4.69, 9.17) is 0 Å². The topological polar surface area (TPSA) is 49.3 Å². The van der Waals surface area contributed by atoms with Crippen molar-refractivity contribution in [3.63, 3.8) is 0 Å². The van der Waals surface area contributed by atoms with Gasteiger partial charge in [-0.3, -0.25) is 9.98 Å². The molecule has 2 rings (SSSR count). The fourth-order valence-corrected chi connectivity index (χ4v) is 2.24. The molecule has 8 heteroatoms. The van der Waals surface area contributed by atoms with Gasteiger partial charge in [0, 0.05) is 19.3 Å². The summed E-state index contributed by atoms with van der Waals surface area (Å²) < 4.78 is 52.1. The smallest absolute Gasteiger partial charge is 0.352 e. The molecule has 0 saturated carbocycles. The number of halogens is 4. The molecule has 2 N–H and O–H groups in total. The maximum atomic E-state index is 13.1. The Morgan fingerprint density at radius 3 is 2.48 bits per heavy atom. The average molecular weight is 354 g/mol. The van der Waals surface area contributed by atoms with Crippen molar-refractivity contribution >= 4 is 5.96 Å². The van der Waals surface area contributed by atoms with Crippen LogP contribution in [-0.2, 0) is 19.3 Å². The van der Waals surface area contributed by atoms with Crippen molar-refractivity contribution in [2.24, 2.45) is 4.99 Å². The summed E-state index contributed by atoms with van der Waals surface area (Å²) in [5, 5.41) is 5.77. The summed E-state index contributed by atoms with van der Waals surface area (Å²) in [6.45, 7) is 2.09. The predicted molar refractivity (Wildman–Crippen MR) is 87.4 cm³/mol. The van der Waals surface area contributed by atoms with Crippen LogP contribution in [0, 0.1) is 12.7 Å². The van der Waals surface area contributed by atoms with Crippen LogP contribution in [0.1, 0.15) is 22.5 Å². The molecule has 4 nitrogen and oxygen atoms in total. The van der Waals surface area contributed by atoms with Crippen LogP contribution in [0.25, 0.3) is 0 Å². The van der Waals surface area contributed by atoms with Gasteiger partial charge in [-0.1, -0.05) is 12.1 Å². The van der Waals surface area contributed by atoms with E-state index in [9.17, 15) is 17.6 Å². The van der Waals surface area contributed by atoms with Crippen LogP contribution < -0.4 is 10.6 Å². The Bertz CT molecular complexity index is 757. The minimum Gasteiger partial charge on any atom is -0.352 e. The summed E-state index contributed by atoms with van der Waals surface area (Å²) in [5.74, 6) is -0.607. The molecule has 25 heavy (non-hydrogen) atoms. The quantitative estimate of drug-likeness (QED) is 0.503. The molecule has 0 aliphatic heterocycles. The van der Waals surface area contributed by atoms with E-state index in [1.165, 1.54) is 7.05 Å². The van der Waals surface area contributed by atoms with Gasteiger partial charge in [0.05, 0.1) is 17.8 Å². The molecule has 0 radical (unpaired) electrons. The highest BCUT2D eigenvalue weighted by Crippen LogP contribution is 2.32. The highest BCUT2D eigenvalue weighted by molar-refractivity contribution is 5.79. The standard InChI is InChI=1S/C17H18F4N4/c1-11-4-3-5-14(25-11)10-24-16(22-2)23-9-12-6-7-13(18)8-15(12)17(19,20)21/h3-8H,9-10H2,1-2H3,(H2,22,23,24). The number of hydrogen-bond acceptors (Lipinski definition) is 2. The molecule has 2 aromatic rings. The molecule has 1 heterocycles. The lowest BCUT2D eigenvalue weighted by molar-refractivity contribution is -0.138. The first-order valence-corrected chi connectivity index (χ1v) is 7.52. The van der Waals surface area contributed by atoms with E-state index in [1.807, 2.05) is 25.1 Å². The van der Waals surface area contributed by atoms with Gasteiger partial charge >= 0.3 is 6.18 Å². The number of pyridine rings is 1. The van der Waals surface area contributed by atoms with E-state index in [1.54, 1.807) is 0 Å². The van der Waals surface area contributed by atoms with Crippen molar-refractivity contribution in [2.45, 2.75) is 26.2 Å². The SMILES string of the molecule is CN=C(NCc1cccc(C)n1)NCc1ccc(F)cc1C(F)(F)F. The lowest BCUT2D eigenvalue weighted by Crippen LogP contribution is -2.37. The van der Waals surface area contributed by atoms with E-state index in [2.05, 4.69) is 20.6 Å². The van der Waals surface area contributed by atoms with Gasteiger partial charge in [0.15, 0.2) is 5.96 Å². The van der Waals surface area contributed by atoms with Gasteiger partial charge < -0.3 is 10.6 Å². The molecular formula is C17H18F4N4. The van der Waals surface area contributed by atoms with Crippen molar-refractivity contribution in [3.8, 4) is 0 Å². The van der Waals surface area contributed by atoms with E-state index in [0.717, 1.165) is 23.5 Å². The average Bonchev–Trinajstić information content (AvgIpc) is 2.55. The second-order valence-electron chi connectivity index (χ2n) is 5.35. The first-order valence-electron chi connectivity index (χ1n) is 7.52. The number of aryl methyl sites for hydroxylation is 1. The zero-order valence-corrected chi connectivity index (χ0v) is 13.8. The van der Waals surface area contributed by atoms with Gasteiger partial charge in [-0.05, 0) is 36.8 Å². The van der Waals surface area contributed by atoms with Crippen LogP contribution in [0.2, 0.25) is 0 Å². The lowest BCUT2D eigenvalue weighted by atomic mass is 10.1. The van der Waals surface area contributed by atoms with Crippen molar-refractivity contribution in [2.75, 3.05) is 7.05 Å². The van der Waals surface area contributed by atoms with Crippen LogP contribution in [0.3, 0.4) is 0 Å². The van der Waals surface area contributed by atoms with Gasteiger partial charge in [-0.2, -0.15) is 13.2 Å².